The van der Waals surface area contributed by atoms with Crippen molar-refractivity contribution in [3.05, 3.63) is 17.3 Å². The number of carbonyl (C=O) groups excluding carboxylic acids is 1. The maximum absolute atomic E-state index is 11.6. The summed E-state index contributed by atoms with van der Waals surface area (Å²) in [5, 5.41) is 8.28. The molecule has 0 unspecified atom stereocenters. The van der Waals surface area contributed by atoms with E-state index in [9.17, 15) is 4.79 Å². The number of fused-ring (bicyclic) bond motifs is 1. The Hall–Kier alpha value is -2.11. The Bertz CT molecular complexity index is 673. The van der Waals surface area contributed by atoms with E-state index in [1.807, 2.05) is 27.0 Å². The van der Waals surface area contributed by atoms with Gasteiger partial charge in [-0.25, -0.2) is 0 Å². The van der Waals surface area contributed by atoms with Crippen molar-refractivity contribution >= 4 is 16.9 Å². The number of carbonyl (C=O) groups is 1. The molecule has 0 aromatic carbocycles. The van der Waals surface area contributed by atoms with E-state index in [-0.39, 0.29) is 12.5 Å². The number of aryl methyl sites for hydroxylation is 3. The number of amides is 1. The molecule has 2 heterocycles. The van der Waals surface area contributed by atoms with Gasteiger partial charge >= 0.3 is 0 Å². The third-order valence-electron chi connectivity index (χ3n) is 3.44. The van der Waals surface area contributed by atoms with Crippen molar-refractivity contribution in [1.82, 2.24) is 20.1 Å². The Morgan fingerprint density at radius 2 is 2.25 bits per heavy atom. The summed E-state index contributed by atoms with van der Waals surface area (Å²) >= 11 is 0. The average molecular weight is 274 g/mol. The number of aromatic nitrogens is 3. The lowest BCUT2D eigenvalue weighted by Gasteiger charge is -2.07. The standard InChI is InChI=1S/C14H18N4O2/c1-8-6-12(20-7-11(19)15-10-4-5-10)16-14-13(8)9(2)17-18(14)3/h6,10H,4-5,7H2,1-3H3,(H,15,19). The van der Waals surface area contributed by atoms with Gasteiger partial charge in [-0.15, -0.1) is 0 Å². The molecule has 0 radical (unpaired) electrons. The van der Waals surface area contributed by atoms with E-state index in [0.717, 1.165) is 35.1 Å². The molecular weight excluding hydrogens is 256 g/mol. The Kier molecular flexibility index (Phi) is 3.08. The van der Waals surface area contributed by atoms with Gasteiger partial charge in [-0.1, -0.05) is 0 Å². The molecule has 2 aromatic rings. The fraction of sp³-hybridized carbons (Fsp3) is 0.500. The van der Waals surface area contributed by atoms with E-state index in [4.69, 9.17) is 4.74 Å². The van der Waals surface area contributed by atoms with E-state index in [0.29, 0.717) is 11.9 Å². The van der Waals surface area contributed by atoms with Gasteiger partial charge in [-0.2, -0.15) is 10.1 Å². The first-order valence-corrected chi connectivity index (χ1v) is 6.77. The van der Waals surface area contributed by atoms with E-state index in [1.54, 1.807) is 4.68 Å². The third kappa shape index (κ3) is 2.45. The van der Waals surface area contributed by atoms with Crippen molar-refractivity contribution in [2.45, 2.75) is 32.7 Å². The SMILES string of the molecule is Cc1cc(OCC(=O)NC2CC2)nc2c1c(C)nn2C. The van der Waals surface area contributed by atoms with Gasteiger partial charge < -0.3 is 10.1 Å². The first-order valence-electron chi connectivity index (χ1n) is 6.77. The number of rotatable bonds is 4. The maximum Gasteiger partial charge on any atom is 0.258 e. The zero-order chi connectivity index (χ0) is 14.3. The smallest absolute Gasteiger partial charge is 0.258 e. The fourth-order valence-corrected chi connectivity index (χ4v) is 2.34. The van der Waals surface area contributed by atoms with Gasteiger partial charge in [-0.3, -0.25) is 9.48 Å². The highest BCUT2D eigenvalue weighted by Crippen LogP contribution is 2.24. The lowest BCUT2D eigenvalue weighted by molar-refractivity contribution is -0.123. The molecule has 1 fully saturated rings. The molecule has 6 heteroatoms. The second-order valence-electron chi connectivity index (χ2n) is 5.32. The summed E-state index contributed by atoms with van der Waals surface area (Å²) in [6.07, 6.45) is 2.15. The van der Waals surface area contributed by atoms with Crippen LogP contribution in [0.15, 0.2) is 6.07 Å². The van der Waals surface area contributed by atoms with Crippen molar-refractivity contribution < 1.29 is 9.53 Å². The maximum atomic E-state index is 11.6. The summed E-state index contributed by atoms with van der Waals surface area (Å²) in [6.45, 7) is 3.96. The van der Waals surface area contributed by atoms with E-state index >= 15 is 0 Å². The van der Waals surface area contributed by atoms with Gasteiger partial charge in [0, 0.05) is 24.5 Å². The first-order chi connectivity index (χ1) is 9.54. The second-order valence-corrected chi connectivity index (χ2v) is 5.32. The lowest BCUT2D eigenvalue weighted by atomic mass is 10.2. The molecule has 0 aliphatic heterocycles. The predicted octanol–water partition coefficient (Wildman–Crippen LogP) is 1.24. The van der Waals surface area contributed by atoms with E-state index in [1.165, 1.54) is 0 Å². The third-order valence-corrected chi connectivity index (χ3v) is 3.44. The van der Waals surface area contributed by atoms with E-state index in [2.05, 4.69) is 15.4 Å². The molecule has 0 saturated heterocycles. The van der Waals surface area contributed by atoms with Crippen LogP contribution in [0.1, 0.15) is 24.1 Å². The van der Waals surface area contributed by atoms with Gasteiger partial charge in [0.1, 0.15) is 0 Å². The van der Waals surface area contributed by atoms with Crippen LogP contribution < -0.4 is 10.1 Å². The molecule has 0 spiro atoms. The van der Waals surface area contributed by atoms with Crippen LogP contribution in [0.4, 0.5) is 0 Å². The molecule has 1 aliphatic carbocycles. The zero-order valence-electron chi connectivity index (χ0n) is 11.9. The molecule has 1 saturated carbocycles. The molecular formula is C14H18N4O2. The summed E-state index contributed by atoms with van der Waals surface area (Å²) in [6, 6.07) is 2.20. The summed E-state index contributed by atoms with van der Waals surface area (Å²) in [7, 11) is 1.85. The van der Waals surface area contributed by atoms with Crippen LogP contribution in [0.5, 0.6) is 5.88 Å². The highest BCUT2D eigenvalue weighted by molar-refractivity contribution is 5.82. The fourth-order valence-electron chi connectivity index (χ4n) is 2.34. The Balaban J connectivity index is 1.77. The number of hydrogen-bond acceptors (Lipinski definition) is 4. The molecule has 2 aromatic heterocycles. The number of ether oxygens (including phenoxy) is 1. The van der Waals surface area contributed by atoms with Crippen LogP contribution in [0, 0.1) is 13.8 Å². The molecule has 6 nitrogen and oxygen atoms in total. The van der Waals surface area contributed by atoms with Crippen molar-refractivity contribution in [3.63, 3.8) is 0 Å². The summed E-state index contributed by atoms with van der Waals surface area (Å²) in [5.41, 5.74) is 2.78. The second kappa shape index (κ2) is 4.77. The van der Waals surface area contributed by atoms with Crippen molar-refractivity contribution in [2.75, 3.05) is 6.61 Å². The van der Waals surface area contributed by atoms with Crippen molar-refractivity contribution in [2.24, 2.45) is 7.05 Å². The lowest BCUT2D eigenvalue weighted by Crippen LogP contribution is -2.30. The van der Waals surface area contributed by atoms with Gasteiger partial charge in [0.15, 0.2) is 12.3 Å². The molecule has 1 N–H and O–H groups in total. The zero-order valence-corrected chi connectivity index (χ0v) is 11.9. The van der Waals surface area contributed by atoms with Crippen LogP contribution in [0.2, 0.25) is 0 Å². The quantitative estimate of drug-likeness (QED) is 0.910. The minimum atomic E-state index is -0.0896. The van der Waals surface area contributed by atoms with Gasteiger partial charge in [0.2, 0.25) is 5.88 Å². The minimum absolute atomic E-state index is 0.00524. The van der Waals surface area contributed by atoms with Crippen LogP contribution in [-0.2, 0) is 11.8 Å². The molecule has 106 valence electrons. The summed E-state index contributed by atoms with van der Waals surface area (Å²) in [5.74, 6) is 0.372. The van der Waals surface area contributed by atoms with Crippen molar-refractivity contribution in [3.8, 4) is 5.88 Å². The molecule has 20 heavy (non-hydrogen) atoms. The Labute approximate surface area is 117 Å². The highest BCUT2D eigenvalue weighted by Gasteiger charge is 2.23. The molecule has 1 aliphatic rings. The van der Waals surface area contributed by atoms with Gasteiger partial charge in [0.25, 0.3) is 5.91 Å². The monoisotopic (exact) mass is 274 g/mol. The topological polar surface area (TPSA) is 69.0 Å². The highest BCUT2D eigenvalue weighted by atomic mass is 16.5. The number of hydrogen-bond donors (Lipinski definition) is 1. The minimum Gasteiger partial charge on any atom is -0.468 e. The van der Waals surface area contributed by atoms with Crippen LogP contribution in [-0.4, -0.2) is 33.3 Å². The first kappa shape index (κ1) is 12.9. The predicted molar refractivity (Wildman–Crippen MR) is 74.6 cm³/mol. The van der Waals surface area contributed by atoms with Crippen molar-refractivity contribution in [1.29, 1.82) is 0 Å². The molecule has 3 rings (SSSR count). The Morgan fingerprint density at radius 3 is 2.95 bits per heavy atom. The average Bonchev–Trinajstić information content (AvgIpc) is 3.14. The van der Waals surface area contributed by atoms with Gasteiger partial charge in [0.05, 0.1) is 5.69 Å². The van der Waals surface area contributed by atoms with Crippen LogP contribution >= 0.6 is 0 Å². The molecule has 0 atom stereocenters. The number of nitrogens with one attached hydrogen (secondary N) is 1. The normalized spacial score (nSPS) is 14.6. The summed E-state index contributed by atoms with van der Waals surface area (Å²) < 4.78 is 7.22. The van der Waals surface area contributed by atoms with E-state index < -0.39 is 0 Å². The summed E-state index contributed by atoms with van der Waals surface area (Å²) in [4.78, 5) is 16.0. The van der Waals surface area contributed by atoms with Gasteiger partial charge in [-0.05, 0) is 32.3 Å². The van der Waals surface area contributed by atoms with Crippen LogP contribution in [0.25, 0.3) is 11.0 Å². The largest absolute Gasteiger partial charge is 0.468 e. The Morgan fingerprint density at radius 1 is 1.50 bits per heavy atom. The number of nitrogens with zero attached hydrogens (tertiary/aromatic N) is 3. The number of pyridine rings is 1. The molecule has 1 amide bonds. The van der Waals surface area contributed by atoms with Crippen LogP contribution in [0.3, 0.4) is 0 Å². The molecule has 0 bridgehead atoms.